The fraction of sp³-hybridized carbons (Fsp3) is 0.222. The van der Waals surface area contributed by atoms with E-state index in [1.807, 2.05) is 7.05 Å². The number of aromatic nitrogens is 2. The third kappa shape index (κ3) is 2.03. The largest absolute Gasteiger partial charge is 0.380 e. The Labute approximate surface area is 101 Å². The molecule has 2 heterocycles. The summed E-state index contributed by atoms with van der Waals surface area (Å²) < 4.78 is 2.80. The Morgan fingerprint density at radius 1 is 1.53 bits per heavy atom. The minimum atomic E-state index is -0.832. The number of rotatable bonds is 2. The number of thiophene rings is 1. The number of hydrogen-bond donors (Lipinski definition) is 1. The number of nitrogens with zero attached hydrogens (tertiary/aromatic N) is 2. The minimum Gasteiger partial charge on any atom is -0.380 e. The van der Waals surface area contributed by atoms with Crippen LogP contribution < -0.4 is 0 Å². The van der Waals surface area contributed by atoms with E-state index < -0.39 is 6.10 Å². The van der Waals surface area contributed by atoms with Gasteiger partial charge >= 0.3 is 0 Å². The Bertz CT molecular complexity index is 480. The first kappa shape index (κ1) is 11.0. The van der Waals surface area contributed by atoms with Crippen LogP contribution in [-0.4, -0.2) is 14.7 Å². The number of hydrogen-bond acceptors (Lipinski definition) is 3. The molecule has 0 bridgehead atoms. The predicted octanol–water partition coefficient (Wildman–Crippen LogP) is 2.87. The van der Waals surface area contributed by atoms with Crippen molar-refractivity contribution < 1.29 is 5.11 Å². The van der Waals surface area contributed by atoms with Gasteiger partial charge in [-0.2, -0.15) is 0 Å². The highest BCUT2D eigenvalue weighted by Gasteiger charge is 2.19. The molecule has 0 radical (unpaired) electrons. The number of aliphatic hydroxyl groups is 1. The molecule has 0 saturated heterocycles. The molecule has 1 N–H and O–H groups in total. The van der Waals surface area contributed by atoms with Crippen LogP contribution in [0, 0.1) is 0 Å². The molecule has 0 aliphatic rings. The second-order valence-electron chi connectivity index (χ2n) is 3.08. The molecule has 2 aromatic rings. The van der Waals surface area contributed by atoms with E-state index >= 15 is 0 Å². The number of imidazole rings is 1. The van der Waals surface area contributed by atoms with E-state index in [1.165, 1.54) is 11.3 Å². The van der Waals surface area contributed by atoms with Gasteiger partial charge in [-0.05, 0) is 6.07 Å². The van der Waals surface area contributed by atoms with Gasteiger partial charge in [0.1, 0.15) is 16.3 Å². The summed E-state index contributed by atoms with van der Waals surface area (Å²) in [5.41, 5.74) is 0.598. The van der Waals surface area contributed by atoms with E-state index in [0.29, 0.717) is 20.1 Å². The van der Waals surface area contributed by atoms with Gasteiger partial charge in [0.25, 0.3) is 0 Å². The van der Waals surface area contributed by atoms with Crippen LogP contribution in [0.25, 0.3) is 0 Å². The average Bonchev–Trinajstić information content (AvgIpc) is 2.71. The maximum atomic E-state index is 10.0. The first-order valence-electron chi connectivity index (χ1n) is 4.19. The van der Waals surface area contributed by atoms with Gasteiger partial charge in [-0.25, -0.2) is 4.98 Å². The predicted molar refractivity (Wildman–Crippen MR) is 61.6 cm³/mol. The molecule has 2 rings (SSSR count). The van der Waals surface area contributed by atoms with Crippen molar-refractivity contribution in [3.63, 3.8) is 0 Å². The standard InChI is InChI=1S/C9H8Cl2N2OS/c1-13-3-2-12-9(13)7(14)5-4-6(10)15-8(5)11/h2-4,7,14H,1H3. The van der Waals surface area contributed by atoms with Gasteiger partial charge in [0, 0.05) is 25.0 Å². The highest BCUT2D eigenvalue weighted by atomic mass is 35.5. The fourth-order valence-corrected chi connectivity index (χ4v) is 2.84. The molecule has 0 fully saturated rings. The van der Waals surface area contributed by atoms with E-state index in [1.54, 1.807) is 23.0 Å². The lowest BCUT2D eigenvalue weighted by atomic mass is 10.2. The Hall–Kier alpha value is -0.550. The highest BCUT2D eigenvalue weighted by Crippen LogP contribution is 2.36. The van der Waals surface area contributed by atoms with Crippen LogP contribution in [-0.2, 0) is 7.05 Å². The summed E-state index contributed by atoms with van der Waals surface area (Å²) in [5, 5.41) is 10.0. The zero-order valence-electron chi connectivity index (χ0n) is 7.82. The van der Waals surface area contributed by atoms with Crippen molar-refractivity contribution >= 4 is 34.5 Å². The Balaban J connectivity index is 2.40. The van der Waals surface area contributed by atoms with Crippen LogP contribution in [0.15, 0.2) is 18.5 Å². The highest BCUT2D eigenvalue weighted by molar-refractivity contribution is 7.20. The smallest absolute Gasteiger partial charge is 0.142 e. The van der Waals surface area contributed by atoms with Gasteiger partial charge in [0.2, 0.25) is 0 Å². The van der Waals surface area contributed by atoms with E-state index in [4.69, 9.17) is 23.2 Å². The Kier molecular flexibility index (Phi) is 3.02. The van der Waals surface area contributed by atoms with Crippen LogP contribution in [0.5, 0.6) is 0 Å². The lowest BCUT2D eigenvalue weighted by molar-refractivity contribution is 0.207. The van der Waals surface area contributed by atoms with E-state index in [-0.39, 0.29) is 0 Å². The van der Waals surface area contributed by atoms with Crippen LogP contribution in [0.1, 0.15) is 17.5 Å². The lowest BCUT2D eigenvalue weighted by Crippen LogP contribution is -2.06. The third-order valence-electron chi connectivity index (χ3n) is 2.08. The molecule has 0 saturated carbocycles. The van der Waals surface area contributed by atoms with Crippen molar-refractivity contribution in [1.29, 1.82) is 0 Å². The molecule has 1 unspecified atom stereocenters. The van der Waals surface area contributed by atoms with E-state index in [2.05, 4.69) is 4.98 Å². The van der Waals surface area contributed by atoms with Crippen molar-refractivity contribution in [1.82, 2.24) is 9.55 Å². The molecule has 0 aliphatic carbocycles. The van der Waals surface area contributed by atoms with Crippen molar-refractivity contribution in [3.8, 4) is 0 Å². The molecular formula is C9H8Cl2N2OS. The summed E-state index contributed by atoms with van der Waals surface area (Å²) in [6, 6.07) is 1.66. The van der Waals surface area contributed by atoms with Crippen LogP contribution in [0.2, 0.25) is 8.67 Å². The summed E-state index contributed by atoms with van der Waals surface area (Å²) in [4.78, 5) is 4.06. The van der Waals surface area contributed by atoms with Crippen molar-refractivity contribution in [2.24, 2.45) is 7.05 Å². The first-order valence-corrected chi connectivity index (χ1v) is 5.77. The van der Waals surface area contributed by atoms with Crippen molar-refractivity contribution in [3.05, 3.63) is 38.5 Å². The molecule has 0 aromatic carbocycles. The van der Waals surface area contributed by atoms with Gasteiger partial charge in [0.05, 0.1) is 4.34 Å². The van der Waals surface area contributed by atoms with Crippen molar-refractivity contribution in [2.45, 2.75) is 6.10 Å². The third-order valence-corrected chi connectivity index (χ3v) is 3.60. The zero-order chi connectivity index (χ0) is 11.0. The van der Waals surface area contributed by atoms with Gasteiger partial charge in [0.15, 0.2) is 0 Å². The second kappa shape index (κ2) is 4.14. The minimum absolute atomic E-state index is 0.496. The average molecular weight is 263 g/mol. The molecule has 3 nitrogen and oxygen atoms in total. The topological polar surface area (TPSA) is 38.0 Å². The van der Waals surface area contributed by atoms with Crippen LogP contribution in [0.3, 0.4) is 0 Å². The lowest BCUT2D eigenvalue weighted by Gasteiger charge is -2.09. The normalized spacial score (nSPS) is 13.1. The summed E-state index contributed by atoms with van der Waals surface area (Å²) in [7, 11) is 1.81. The SMILES string of the molecule is Cn1ccnc1C(O)c1cc(Cl)sc1Cl. The van der Waals surface area contributed by atoms with Gasteiger partial charge in [-0.3, -0.25) is 0 Å². The molecular weight excluding hydrogens is 255 g/mol. The zero-order valence-corrected chi connectivity index (χ0v) is 10.1. The van der Waals surface area contributed by atoms with Gasteiger partial charge in [-0.1, -0.05) is 23.2 Å². The van der Waals surface area contributed by atoms with E-state index in [0.717, 1.165) is 0 Å². The van der Waals surface area contributed by atoms with Crippen LogP contribution >= 0.6 is 34.5 Å². The molecule has 6 heteroatoms. The van der Waals surface area contributed by atoms with Gasteiger partial charge in [-0.15, -0.1) is 11.3 Å². The van der Waals surface area contributed by atoms with Gasteiger partial charge < -0.3 is 9.67 Å². The summed E-state index contributed by atoms with van der Waals surface area (Å²) in [6.07, 6.45) is 2.56. The maximum absolute atomic E-state index is 10.0. The quantitative estimate of drug-likeness (QED) is 0.904. The Morgan fingerprint density at radius 2 is 2.27 bits per heavy atom. The maximum Gasteiger partial charge on any atom is 0.142 e. The summed E-state index contributed by atoms with van der Waals surface area (Å²) in [5.74, 6) is 0.548. The summed E-state index contributed by atoms with van der Waals surface area (Å²) in [6.45, 7) is 0. The number of aliphatic hydroxyl groups excluding tert-OH is 1. The van der Waals surface area contributed by atoms with E-state index in [9.17, 15) is 5.11 Å². The fourth-order valence-electron chi connectivity index (χ4n) is 1.32. The number of aryl methyl sites for hydroxylation is 1. The molecule has 0 spiro atoms. The molecule has 80 valence electrons. The molecule has 0 aliphatic heterocycles. The molecule has 15 heavy (non-hydrogen) atoms. The summed E-state index contributed by atoms with van der Waals surface area (Å²) >= 11 is 13.0. The number of halogens is 2. The molecule has 1 atom stereocenters. The Morgan fingerprint density at radius 3 is 2.73 bits per heavy atom. The molecule has 2 aromatic heterocycles. The van der Waals surface area contributed by atoms with Crippen molar-refractivity contribution in [2.75, 3.05) is 0 Å². The van der Waals surface area contributed by atoms with Crippen LogP contribution in [0.4, 0.5) is 0 Å². The monoisotopic (exact) mass is 262 g/mol. The molecule has 0 amide bonds. The first-order chi connectivity index (χ1) is 7.09. The second-order valence-corrected chi connectivity index (χ2v) is 5.36.